The number of carboxylic acid groups (broad SMARTS) is 1. The molecule has 2 atom stereocenters. The third-order valence-corrected chi connectivity index (χ3v) is 2.55. The number of amides is 1. The highest BCUT2D eigenvalue weighted by Gasteiger charge is 2.22. The highest BCUT2D eigenvalue weighted by atomic mass is 16.4. The van der Waals surface area contributed by atoms with Crippen molar-refractivity contribution in [3.05, 3.63) is 35.9 Å². The Labute approximate surface area is 99.6 Å². The molecule has 0 aliphatic rings. The Morgan fingerprint density at radius 3 is 2.47 bits per heavy atom. The summed E-state index contributed by atoms with van der Waals surface area (Å²) in [5, 5.41) is 10.8. The molecule has 0 bridgehead atoms. The standard InChI is InChI=1S/C12H16N2O3/c1-8(12(17)14-7-10(15)16)11(13)9-5-3-2-4-6-9/h2-6,8,11H,7,13H2,1H3,(H,14,17)(H,15,16). The van der Waals surface area contributed by atoms with Gasteiger partial charge in [-0.05, 0) is 5.56 Å². The molecule has 0 aromatic heterocycles. The van der Waals surface area contributed by atoms with E-state index in [9.17, 15) is 9.59 Å². The van der Waals surface area contributed by atoms with Gasteiger partial charge in [0, 0.05) is 6.04 Å². The first kappa shape index (κ1) is 13.2. The van der Waals surface area contributed by atoms with Gasteiger partial charge in [0.2, 0.25) is 5.91 Å². The summed E-state index contributed by atoms with van der Waals surface area (Å²) < 4.78 is 0. The van der Waals surface area contributed by atoms with Gasteiger partial charge in [-0.3, -0.25) is 9.59 Å². The lowest BCUT2D eigenvalue weighted by Crippen LogP contribution is -2.38. The fourth-order valence-electron chi connectivity index (χ4n) is 1.45. The maximum Gasteiger partial charge on any atom is 0.322 e. The Hall–Kier alpha value is -1.88. The molecule has 2 unspecified atom stereocenters. The molecule has 5 heteroatoms. The van der Waals surface area contributed by atoms with E-state index >= 15 is 0 Å². The fraction of sp³-hybridized carbons (Fsp3) is 0.333. The molecule has 1 amide bonds. The predicted molar refractivity (Wildman–Crippen MR) is 63.2 cm³/mol. The first-order chi connectivity index (χ1) is 8.02. The Balaban J connectivity index is 2.60. The second-order valence-electron chi connectivity index (χ2n) is 3.84. The van der Waals surface area contributed by atoms with Crippen molar-refractivity contribution in [1.29, 1.82) is 0 Å². The van der Waals surface area contributed by atoms with Crippen LogP contribution in [0.2, 0.25) is 0 Å². The lowest BCUT2D eigenvalue weighted by atomic mass is 9.95. The van der Waals surface area contributed by atoms with E-state index in [1.165, 1.54) is 0 Å². The molecule has 0 spiro atoms. The Bertz CT molecular complexity index is 392. The van der Waals surface area contributed by atoms with Crippen molar-refractivity contribution in [2.75, 3.05) is 6.54 Å². The smallest absolute Gasteiger partial charge is 0.322 e. The monoisotopic (exact) mass is 236 g/mol. The van der Waals surface area contributed by atoms with Crippen LogP contribution in [0.1, 0.15) is 18.5 Å². The van der Waals surface area contributed by atoms with Gasteiger partial charge in [-0.1, -0.05) is 37.3 Å². The second kappa shape index (κ2) is 6.00. The molecule has 5 nitrogen and oxygen atoms in total. The Morgan fingerprint density at radius 1 is 1.35 bits per heavy atom. The molecule has 0 fully saturated rings. The molecular weight excluding hydrogens is 220 g/mol. The van der Waals surface area contributed by atoms with Crippen molar-refractivity contribution in [3.63, 3.8) is 0 Å². The minimum atomic E-state index is -1.07. The molecule has 1 aromatic rings. The SMILES string of the molecule is CC(C(=O)NCC(=O)O)C(N)c1ccccc1. The number of nitrogens with one attached hydrogen (secondary N) is 1. The average Bonchev–Trinajstić information content (AvgIpc) is 2.35. The van der Waals surface area contributed by atoms with Crippen LogP contribution >= 0.6 is 0 Å². The molecule has 4 N–H and O–H groups in total. The molecule has 1 aromatic carbocycles. The lowest BCUT2D eigenvalue weighted by molar-refractivity contribution is -0.138. The van der Waals surface area contributed by atoms with Crippen molar-refractivity contribution in [2.24, 2.45) is 11.7 Å². The van der Waals surface area contributed by atoms with Gasteiger partial charge in [-0.2, -0.15) is 0 Å². The van der Waals surface area contributed by atoms with Crippen LogP contribution in [0.25, 0.3) is 0 Å². The van der Waals surface area contributed by atoms with Crippen molar-refractivity contribution < 1.29 is 14.7 Å². The zero-order valence-electron chi connectivity index (χ0n) is 9.59. The number of nitrogens with two attached hydrogens (primary N) is 1. The average molecular weight is 236 g/mol. The van der Waals surface area contributed by atoms with Gasteiger partial charge in [0.1, 0.15) is 6.54 Å². The van der Waals surface area contributed by atoms with Gasteiger partial charge in [-0.15, -0.1) is 0 Å². The molecular formula is C12H16N2O3. The minimum Gasteiger partial charge on any atom is -0.480 e. The molecule has 0 saturated carbocycles. The van der Waals surface area contributed by atoms with Gasteiger partial charge in [0.05, 0.1) is 5.92 Å². The number of hydrogen-bond donors (Lipinski definition) is 3. The summed E-state index contributed by atoms with van der Waals surface area (Å²) in [5.41, 5.74) is 6.79. The normalized spacial score (nSPS) is 13.8. The summed E-state index contributed by atoms with van der Waals surface area (Å²) in [6.45, 7) is 1.29. The highest BCUT2D eigenvalue weighted by Crippen LogP contribution is 2.18. The molecule has 0 saturated heterocycles. The number of carbonyl (C=O) groups excluding carboxylic acids is 1. The maximum atomic E-state index is 11.6. The van der Waals surface area contributed by atoms with Gasteiger partial charge >= 0.3 is 5.97 Å². The van der Waals surface area contributed by atoms with E-state index < -0.39 is 17.9 Å². The van der Waals surface area contributed by atoms with Crippen LogP contribution in [-0.4, -0.2) is 23.5 Å². The fourth-order valence-corrected chi connectivity index (χ4v) is 1.45. The highest BCUT2D eigenvalue weighted by molar-refractivity contribution is 5.83. The number of hydrogen-bond acceptors (Lipinski definition) is 3. The number of aliphatic carboxylic acids is 1. The van der Waals surface area contributed by atoms with Crippen LogP contribution in [-0.2, 0) is 9.59 Å². The molecule has 0 aliphatic carbocycles. The second-order valence-corrected chi connectivity index (χ2v) is 3.84. The number of carboxylic acids is 1. The van der Waals surface area contributed by atoms with Crippen LogP contribution < -0.4 is 11.1 Å². The van der Waals surface area contributed by atoms with Crippen LogP contribution in [0.3, 0.4) is 0 Å². The van der Waals surface area contributed by atoms with E-state index in [0.29, 0.717) is 0 Å². The first-order valence-corrected chi connectivity index (χ1v) is 5.32. The zero-order valence-corrected chi connectivity index (χ0v) is 9.59. The van der Waals surface area contributed by atoms with Crippen LogP contribution in [0.15, 0.2) is 30.3 Å². The summed E-state index contributed by atoms with van der Waals surface area (Å²) in [6, 6.07) is 8.79. The maximum absolute atomic E-state index is 11.6. The number of carbonyl (C=O) groups is 2. The quantitative estimate of drug-likeness (QED) is 0.695. The third kappa shape index (κ3) is 3.88. The predicted octanol–water partition coefficient (Wildman–Crippen LogP) is 0.523. The van der Waals surface area contributed by atoms with Crippen molar-refractivity contribution in [3.8, 4) is 0 Å². The van der Waals surface area contributed by atoms with Crippen LogP contribution in [0, 0.1) is 5.92 Å². The molecule has 17 heavy (non-hydrogen) atoms. The number of benzene rings is 1. The molecule has 0 radical (unpaired) electrons. The summed E-state index contributed by atoms with van der Waals surface area (Å²) in [4.78, 5) is 21.9. The van der Waals surface area contributed by atoms with E-state index in [-0.39, 0.29) is 12.5 Å². The summed E-state index contributed by atoms with van der Waals surface area (Å²) >= 11 is 0. The minimum absolute atomic E-state index is 0.358. The van der Waals surface area contributed by atoms with Crippen molar-refractivity contribution in [2.45, 2.75) is 13.0 Å². The van der Waals surface area contributed by atoms with E-state index in [0.717, 1.165) is 5.56 Å². The largest absolute Gasteiger partial charge is 0.480 e. The van der Waals surface area contributed by atoms with Gasteiger partial charge in [0.25, 0.3) is 0 Å². The number of rotatable bonds is 5. The topological polar surface area (TPSA) is 92.4 Å². The van der Waals surface area contributed by atoms with E-state index in [1.807, 2.05) is 30.3 Å². The van der Waals surface area contributed by atoms with E-state index in [4.69, 9.17) is 10.8 Å². The van der Waals surface area contributed by atoms with Crippen LogP contribution in [0.4, 0.5) is 0 Å². The van der Waals surface area contributed by atoms with Gasteiger partial charge in [-0.25, -0.2) is 0 Å². The van der Waals surface area contributed by atoms with E-state index in [2.05, 4.69) is 5.32 Å². The molecule has 0 heterocycles. The first-order valence-electron chi connectivity index (χ1n) is 5.32. The van der Waals surface area contributed by atoms with Gasteiger partial charge in [0.15, 0.2) is 0 Å². The van der Waals surface area contributed by atoms with Crippen molar-refractivity contribution in [1.82, 2.24) is 5.32 Å². The van der Waals surface area contributed by atoms with Crippen molar-refractivity contribution >= 4 is 11.9 Å². The molecule has 1 rings (SSSR count). The molecule has 0 aliphatic heterocycles. The summed E-state index contributed by atoms with van der Waals surface area (Å²) in [5.74, 6) is -1.90. The summed E-state index contributed by atoms with van der Waals surface area (Å²) in [6.07, 6.45) is 0. The molecule has 92 valence electrons. The van der Waals surface area contributed by atoms with E-state index in [1.54, 1.807) is 6.92 Å². The third-order valence-electron chi connectivity index (χ3n) is 2.55. The zero-order chi connectivity index (χ0) is 12.8. The van der Waals surface area contributed by atoms with Crippen LogP contribution in [0.5, 0.6) is 0 Å². The van der Waals surface area contributed by atoms with Gasteiger partial charge < -0.3 is 16.2 Å². The summed E-state index contributed by atoms with van der Waals surface area (Å²) in [7, 11) is 0. The lowest BCUT2D eigenvalue weighted by Gasteiger charge is -2.19. The Kier molecular flexibility index (Phi) is 4.66. The Morgan fingerprint density at radius 2 is 1.94 bits per heavy atom.